The Balaban J connectivity index is 1.60. The SMILES string of the molecule is CCc1ccc(OCC(=O)N(Cc2ccc(F)cc2)C(Cc2ccccc2)C(=O)NC2CCCC2)c(Br)c1. The zero-order valence-corrected chi connectivity index (χ0v) is 23.3. The third kappa shape index (κ3) is 7.67. The second-order valence-electron chi connectivity index (χ2n) is 9.75. The largest absolute Gasteiger partial charge is 0.483 e. The number of rotatable bonds is 11. The van der Waals surface area contributed by atoms with Crippen LogP contribution in [0.15, 0.2) is 77.3 Å². The maximum Gasteiger partial charge on any atom is 0.261 e. The summed E-state index contributed by atoms with van der Waals surface area (Å²) in [6.45, 7) is 2.00. The fourth-order valence-corrected chi connectivity index (χ4v) is 5.35. The highest BCUT2D eigenvalue weighted by atomic mass is 79.9. The first kappa shape index (κ1) is 27.8. The van der Waals surface area contributed by atoms with E-state index >= 15 is 0 Å². The molecule has 1 aliphatic rings. The maximum absolute atomic E-state index is 13.7. The summed E-state index contributed by atoms with van der Waals surface area (Å²) in [7, 11) is 0. The molecule has 0 aliphatic heterocycles. The molecule has 1 saturated carbocycles. The van der Waals surface area contributed by atoms with Crippen molar-refractivity contribution in [2.75, 3.05) is 6.61 Å². The van der Waals surface area contributed by atoms with E-state index in [0.29, 0.717) is 12.2 Å². The molecule has 38 heavy (non-hydrogen) atoms. The van der Waals surface area contributed by atoms with Crippen LogP contribution in [-0.4, -0.2) is 35.4 Å². The third-order valence-corrected chi connectivity index (χ3v) is 7.61. The van der Waals surface area contributed by atoms with Gasteiger partial charge in [0.2, 0.25) is 5.91 Å². The molecular formula is C31H34BrFN2O3. The molecule has 1 N–H and O–H groups in total. The van der Waals surface area contributed by atoms with Gasteiger partial charge in [-0.05, 0) is 76.1 Å². The Labute approximate surface area is 232 Å². The van der Waals surface area contributed by atoms with Crippen LogP contribution in [0, 0.1) is 5.82 Å². The molecule has 0 radical (unpaired) electrons. The second-order valence-corrected chi connectivity index (χ2v) is 10.6. The van der Waals surface area contributed by atoms with E-state index in [-0.39, 0.29) is 36.8 Å². The van der Waals surface area contributed by atoms with Gasteiger partial charge in [-0.1, -0.05) is 68.3 Å². The molecule has 1 atom stereocenters. The van der Waals surface area contributed by atoms with Gasteiger partial charge in [0.15, 0.2) is 6.61 Å². The number of ether oxygens (including phenoxy) is 1. The number of benzene rings is 3. The molecule has 2 amide bonds. The van der Waals surface area contributed by atoms with Crippen molar-refractivity contribution < 1.29 is 18.7 Å². The van der Waals surface area contributed by atoms with Gasteiger partial charge in [-0.25, -0.2) is 4.39 Å². The third-order valence-electron chi connectivity index (χ3n) is 6.99. The lowest BCUT2D eigenvalue weighted by atomic mass is 10.0. The molecular weight excluding hydrogens is 547 g/mol. The minimum atomic E-state index is -0.745. The molecule has 1 aliphatic carbocycles. The second kappa shape index (κ2) is 13.6. The monoisotopic (exact) mass is 580 g/mol. The van der Waals surface area contributed by atoms with Crippen LogP contribution in [0.25, 0.3) is 0 Å². The molecule has 0 aromatic heterocycles. The predicted molar refractivity (Wildman–Crippen MR) is 150 cm³/mol. The average Bonchev–Trinajstić information content (AvgIpc) is 3.44. The van der Waals surface area contributed by atoms with Crippen LogP contribution >= 0.6 is 15.9 Å². The van der Waals surface area contributed by atoms with E-state index in [2.05, 4.69) is 28.2 Å². The van der Waals surface area contributed by atoms with E-state index in [1.165, 1.54) is 12.1 Å². The number of amides is 2. The lowest BCUT2D eigenvalue weighted by Crippen LogP contribution is -2.53. The zero-order valence-electron chi connectivity index (χ0n) is 21.7. The number of carbonyl (C=O) groups is 2. The minimum absolute atomic E-state index is 0.118. The molecule has 1 unspecified atom stereocenters. The first-order chi connectivity index (χ1) is 18.4. The first-order valence-corrected chi connectivity index (χ1v) is 14.0. The number of nitrogens with zero attached hydrogens (tertiary/aromatic N) is 1. The molecule has 1 fully saturated rings. The van der Waals surface area contributed by atoms with Gasteiger partial charge in [0.1, 0.15) is 17.6 Å². The Morgan fingerprint density at radius 1 is 1.00 bits per heavy atom. The van der Waals surface area contributed by atoms with Gasteiger partial charge in [-0.2, -0.15) is 0 Å². The molecule has 0 bridgehead atoms. The van der Waals surface area contributed by atoms with Gasteiger partial charge in [0.05, 0.1) is 4.47 Å². The topological polar surface area (TPSA) is 58.6 Å². The zero-order chi connectivity index (χ0) is 26.9. The number of aryl methyl sites for hydroxylation is 1. The Morgan fingerprint density at radius 3 is 2.34 bits per heavy atom. The van der Waals surface area contributed by atoms with Crippen molar-refractivity contribution in [2.45, 2.75) is 64.1 Å². The van der Waals surface area contributed by atoms with Crippen molar-refractivity contribution >= 4 is 27.7 Å². The summed E-state index contributed by atoms with van der Waals surface area (Å²) in [5, 5.41) is 3.18. The maximum atomic E-state index is 13.7. The van der Waals surface area contributed by atoms with Gasteiger partial charge in [-0.15, -0.1) is 0 Å². The van der Waals surface area contributed by atoms with Gasteiger partial charge < -0.3 is 15.0 Å². The number of carbonyl (C=O) groups excluding carboxylic acids is 2. The van der Waals surface area contributed by atoms with E-state index in [4.69, 9.17) is 4.74 Å². The normalized spacial score (nSPS) is 14.2. The van der Waals surface area contributed by atoms with Crippen LogP contribution in [0.5, 0.6) is 5.75 Å². The Hall–Kier alpha value is -3.19. The summed E-state index contributed by atoms with van der Waals surface area (Å²) in [5.74, 6) is -0.282. The smallest absolute Gasteiger partial charge is 0.261 e. The van der Waals surface area contributed by atoms with Crippen molar-refractivity contribution in [3.8, 4) is 5.75 Å². The molecule has 0 saturated heterocycles. The fourth-order valence-electron chi connectivity index (χ4n) is 4.81. The van der Waals surface area contributed by atoms with Crippen molar-refractivity contribution in [3.63, 3.8) is 0 Å². The van der Waals surface area contributed by atoms with E-state index < -0.39 is 6.04 Å². The quantitative estimate of drug-likeness (QED) is 0.292. The molecule has 4 rings (SSSR count). The summed E-state index contributed by atoms with van der Waals surface area (Å²) in [6.07, 6.45) is 5.32. The lowest BCUT2D eigenvalue weighted by molar-refractivity contribution is -0.143. The van der Waals surface area contributed by atoms with E-state index in [1.807, 2.05) is 48.5 Å². The van der Waals surface area contributed by atoms with Crippen LogP contribution in [0.4, 0.5) is 4.39 Å². The summed E-state index contributed by atoms with van der Waals surface area (Å²) < 4.78 is 20.3. The highest BCUT2D eigenvalue weighted by Gasteiger charge is 2.32. The first-order valence-electron chi connectivity index (χ1n) is 13.2. The van der Waals surface area contributed by atoms with Gasteiger partial charge in [-0.3, -0.25) is 9.59 Å². The van der Waals surface area contributed by atoms with Crippen LogP contribution in [0.3, 0.4) is 0 Å². The Bertz CT molecular complexity index is 1210. The van der Waals surface area contributed by atoms with E-state index in [9.17, 15) is 14.0 Å². The molecule has 5 nitrogen and oxygen atoms in total. The average molecular weight is 582 g/mol. The summed E-state index contributed by atoms with van der Waals surface area (Å²) in [5.41, 5.74) is 2.84. The molecule has 3 aromatic rings. The van der Waals surface area contributed by atoms with Crippen LogP contribution in [0.2, 0.25) is 0 Å². The highest BCUT2D eigenvalue weighted by Crippen LogP contribution is 2.27. The Morgan fingerprint density at radius 2 is 1.68 bits per heavy atom. The number of hydrogen-bond donors (Lipinski definition) is 1. The summed E-state index contributed by atoms with van der Waals surface area (Å²) >= 11 is 3.53. The van der Waals surface area contributed by atoms with Crippen molar-refractivity contribution in [1.29, 1.82) is 0 Å². The predicted octanol–water partition coefficient (Wildman–Crippen LogP) is 6.23. The minimum Gasteiger partial charge on any atom is -0.483 e. The van der Waals surface area contributed by atoms with Gasteiger partial charge in [0.25, 0.3) is 5.91 Å². The summed E-state index contributed by atoms with van der Waals surface area (Å²) in [4.78, 5) is 29.0. The number of nitrogens with one attached hydrogen (secondary N) is 1. The van der Waals surface area contributed by atoms with Crippen molar-refractivity contribution in [2.24, 2.45) is 0 Å². The van der Waals surface area contributed by atoms with E-state index in [0.717, 1.165) is 53.3 Å². The molecule has 3 aromatic carbocycles. The van der Waals surface area contributed by atoms with Crippen molar-refractivity contribution in [1.82, 2.24) is 10.2 Å². The van der Waals surface area contributed by atoms with E-state index in [1.54, 1.807) is 17.0 Å². The highest BCUT2D eigenvalue weighted by molar-refractivity contribution is 9.10. The van der Waals surface area contributed by atoms with Gasteiger partial charge in [0, 0.05) is 19.0 Å². The number of halogens is 2. The van der Waals surface area contributed by atoms with Crippen LogP contribution < -0.4 is 10.1 Å². The molecule has 7 heteroatoms. The Kier molecular flexibility index (Phi) is 9.93. The standard InChI is InChI=1S/C31H34BrFN2O3/c1-2-22-14-17-29(27(32)18-22)38-21-30(36)35(20-24-12-15-25(33)16-13-24)28(19-23-8-4-3-5-9-23)31(37)34-26-10-6-7-11-26/h3-5,8-9,12-18,26,28H,2,6-7,10-11,19-21H2,1H3,(H,34,37). The summed E-state index contributed by atoms with van der Waals surface area (Å²) in [6, 6.07) is 20.9. The van der Waals surface area contributed by atoms with Crippen LogP contribution in [-0.2, 0) is 29.0 Å². The fraction of sp³-hybridized carbons (Fsp3) is 0.355. The molecule has 0 spiro atoms. The van der Waals surface area contributed by atoms with Gasteiger partial charge >= 0.3 is 0 Å². The number of hydrogen-bond acceptors (Lipinski definition) is 3. The lowest BCUT2D eigenvalue weighted by Gasteiger charge is -2.32. The molecule has 0 heterocycles. The van der Waals surface area contributed by atoms with Crippen molar-refractivity contribution in [3.05, 3.63) is 99.8 Å². The van der Waals surface area contributed by atoms with Crippen LogP contribution in [0.1, 0.15) is 49.3 Å². The molecule has 200 valence electrons.